The summed E-state index contributed by atoms with van der Waals surface area (Å²) in [4.78, 5) is 25.2. The summed E-state index contributed by atoms with van der Waals surface area (Å²) in [7, 11) is 0. The Morgan fingerprint density at radius 2 is 1.90 bits per heavy atom. The molecule has 1 amide bonds. The topological polar surface area (TPSA) is 58.6 Å². The molecule has 0 saturated carbocycles. The van der Waals surface area contributed by atoms with Gasteiger partial charge in [0.25, 0.3) is 0 Å². The SMILES string of the molecule is C=C(C)c1cccc(C(C)(C)NC(=O)OCCN(CC)c2ccc(C=O)cc2)c1. The quantitative estimate of drug-likeness (QED) is 0.607. The van der Waals surface area contributed by atoms with E-state index in [-0.39, 0.29) is 6.61 Å². The summed E-state index contributed by atoms with van der Waals surface area (Å²) >= 11 is 0. The number of hydrogen-bond acceptors (Lipinski definition) is 4. The lowest BCUT2D eigenvalue weighted by Gasteiger charge is -2.28. The highest BCUT2D eigenvalue weighted by Gasteiger charge is 2.24. The first-order valence-corrected chi connectivity index (χ1v) is 9.78. The number of allylic oxidation sites excluding steroid dienone is 1. The molecular formula is C24H30N2O3. The average Bonchev–Trinajstić information content (AvgIpc) is 2.71. The molecule has 0 atom stereocenters. The van der Waals surface area contributed by atoms with Crippen molar-refractivity contribution in [2.75, 3.05) is 24.6 Å². The fourth-order valence-electron chi connectivity index (χ4n) is 3.02. The third-order valence-electron chi connectivity index (χ3n) is 4.86. The predicted octanol–water partition coefficient (Wildman–Crippen LogP) is 5.02. The van der Waals surface area contributed by atoms with Crippen molar-refractivity contribution in [1.29, 1.82) is 0 Å². The molecule has 0 bridgehead atoms. The fourth-order valence-corrected chi connectivity index (χ4v) is 3.02. The number of benzene rings is 2. The van der Waals surface area contributed by atoms with E-state index in [1.165, 1.54) is 0 Å². The Morgan fingerprint density at radius 3 is 2.48 bits per heavy atom. The van der Waals surface area contributed by atoms with E-state index in [1.807, 2.05) is 64.1 Å². The summed E-state index contributed by atoms with van der Waals surface area (Å²) in [6.07, 6.45) is 0.365. The second-order valence-corrected chi connectivity index (χ2v) is 7.54. The highest BCUT2D eigenvalue weighted by molar-refractivity contribution is 5.75. The van der Waals surface area contributed by atoms with Gasteiger partial charge in [-0.2, -0.15) is 0 Å². The number of nitrogens with one attached hydrogen (secondary N) is 1. The number of likely N-dealkylation sites (N-methyl/N-ethyl adjacent to an activating group) is 1. The largest absolute Gasteiger partial charge is 0.448 e. The van der Waals surface area contributed by atoms with Gasteiger partial charge in [0.15, 0.2) is 0 Å². The number of hydrogen-bond donors (Lipinski definition) is 1. The molecule has 5 nitrogen and oxygen atoms in total. The van der Waals surface area contributed by atoms with Crippen LogP contribution in [0, 0.1) is 0 Å². The van der Waals surface area contributed by atoms with E-state index in [9.17, 15) is 9.59 Å². The van der Waals surface area contributed by atoms with E-state index < -0.39 is 11.6 Å². The van der Waals surface area contributed by atoms with Crippen molar-refractivity contribution in [3.8, 4) is 0 Å². The van der Waals surface area contributed by atoms with E-state index in [1.54, 1.807) is 12.1 Å². The Hall–Kier alpha value is -3.08. The first-order chi connectivity index (χ1) is 13.8. The minimum absolute atomic E-state index is 0.261. The molecule has 2 aromatic carbocycles. The number of anilines is 1. The van der Waals surface area contributed by atoms with Crippen LogP contribution < -0.4 is 10.2 Å². The summed E-state index contributed by atoms with van der Waals surface area (Å²) in [5.41, 5.74) is 4.06. The molecule has 2 rings (SSSR count). The van der Waals surface area contributed by atoms with Gasteiger partial charge in [-0.15, -0.1) is 0 Å². The maximum Gasteiger partial charge on any atom is 0.407 e. The fraction of sp³-hybridized carbons (Fsp3) is 0.333. The van der Waals surface area contributed by atoms with Crippen LogP contribution in [0.4, 0.5) is 10.5 Å². The van der Waals surface area contributed by atoms with Gasteiger partial charge in [-0.1, -0.05) is 30.4 Å². The third-order valence-corrected chi connectivity index (χ3v) is 4.86. The van der Waals surface area contributed by atoms with Crippen molar-refractivity contribution in [2.24, 2.45) is 0 Å². The Morgan fingerprint density at radius 1 is 1.21 bits per heavy atom. The van der Waals surface area contributed by atoms with Crippen molar-refractivity contribution >= 4 is 23.6 Å². The van der Waals surface area contributed by atoms with E-state index in [4.69, 9.17) is 4.74 Å². The number of nitrogens with zero attached hydrogens (tertiary/aromatic N) is 1. The first kappa shape index (κ1) is 22.2. The molecule has 0 aliphatic carbocycles. The van der Waals surface area contributed by atoms with Gasteiger partial charge in [0.05, 0.1) is 12.1 Å². The number of carbonyl (C=O) groups is 2. The van der Waals surface area contributed by atoms with E-state index in [0.717, 1.165) is 35.2 Å². The van der Waals surface area contributed by atoms with Crippen LogP contribution in [-0.4, -0.2) is 32.1 Å². The van der Waals surface area contributed by atoms with Gasteiger partial charge in [0, 0.05) is 17.8 Å². The zero-order valence-corrected chi connectivity index (χ0v) is 17.7. The van der Waals surface area contributed by atoms with Crippen molar-refractivity contribution in [3.63, 3.8) is 0 Å². The van der Waals surface area contributed by atoms with Crippen LogP contribution in [0.2, 0.25) is 0 Å². The standard InChI is InChI=1S/C24H30N2O3/c1-6-26(22-12-10-19(17-27)11-13-22)14-15-29-23(28)25-24(4,5)21-9-7-8-20(16-21)18(2)3/h7-13,16-17H,2,6,14-15H2,1,3-5H3,(H,25,28). The highest BCUT2D eigenvalue weighted by atomic mass is 16.5. The molecule has 0 saturated heterocycles. The van der Waals surface area contributed by atoms with Crippen LogP contribution in [0.3, 0.4) is 0 Å². The van der Waals surface area contributed by atoms with Crippen LogP contribution in [0.15, 0.2) is 55.1 Å². The maximum atomic E-state index is 12.3. The van der Waals surface area contributed by atoms with Crippen LogP contribution in [-0.2, 0) is 10.3 Å². The third kappa shape index (κ3) is 6.21. The molecule has 0 aliphatic heterocycles. The van der Waals surface area contributed by atoms with E-state index in [0.29, 0.717) is 12.1 Å². The number of amides is 1. The molecular weight excluding hydrogens is 364 g/mol. The van der Waals surface area contributed by atoms with Gasteiger partial charge in [0.2, 0.25) is 0 Å². The number of rotatable bonds is 9. The van der Waals surface area contributed by atoms with Crippen LogP contribution in [0.25, 0.3) is 5.57 Å². The highest BCUT2D eigenvalue weighted by Crippen LogP contribution is 2.23. The maximum absolute atomic E-state index is 12.3. The van der Waals surface area contributed by atoms with Gasteiger partial charge >= 0.3 is 6.09 Å². The smallest absolute Gasteiger partial charge is 0.407 e. The summed E-state index contributed by atoms with van der Waals surface area (Å²) in [5, 5.41) is 2.94. The molecule has 154 valence electrons. The molecule has 0 unspecified atom stereocenters. The molecule has 0 aliphatic rings. The van der Waals surface area contributed by atoms with E-state index >= 15 is 0 Å². The van der Waals surface area contributed by atoms with Crippen LogP contribution in [0.5, 0.6) is 0 Å². The summed E-state index contributed by atoms with van der Waals surface area (Å²) in [5.74, 6) is 0. The van der Waals surface area contributed by atoms with Crippen molar-refractivity contribution in [2.45, 2.75) is 33.2 Å². The van der Waals surface area contributed by atoms with Gasteiger partial charge in [0.1, 0.15) is 12.9 Å². The van der Waals surface area contributed by atoms with Gasteiger partial charge < -0.3 is 15.0 Å². The molecule has 1 N–H and O–H groups in total. The molecule has 2 aromatic rings. The van der Waals surface area contributed by atoms with Crippen molar-refractivity contribution in [3.05, 3.63) is 71.8 Å². The Balaban J connectivity index is 1.91. The van der Waals surface area contributed by atoms with Crippen LogP contribution in [0.1, 0.15) is 49.2 Å². The lowest BCUT2D eigenvalue weighted by atomic mass is 9.92. The minimum atomic E-state index is -0.572. The number of aldehydes is 1. The van der Waals surface area contributed by atoms with E-state index in [2.05, 4.69) is 16.8 Å². The van der Waals surface area contributed by atoms with Crippen molar-refractivity contribution < 1.29 is 14.3 Å². The molecule has 0 heterocycles. The normalized spacial score (nSPS) is 10.9. The number of carbonyl (C=O) groups excluding carboxylic acids is 2. The van der Waals surface area contributed by atoms with Gasteiger partial charge in [-0.25, -0.2) is 4.79 Å². The Bertz CT molecular complexity index is 857. The minimum Gasteiger partial charge on any atom is -0.448 e. The molecule has 29 heavy (non-hydrogen) atoms. The molecule has 5 heteroatoms. The number of alkyl carbamates (subject to hydrolysis) is 1. The Labute approximate surface area is 173 Å². The zero-order valence-electron chi connectivity index (χ0n) is 17.7. The lowest BCUT2D eigenvalue weighted by molar-refractivity contribution is 0.112. The summed E-state index contributed by atoms with van der Waals surface area (Å²) in [6.45, 7) is 13.4. The summed E-state index contributed by atoms with van der Waals surface area (Å²) in [6, 6.07) is 15.3. The number of ether oxygens (including phenoxy) is 1. The molecule has 0 radical (unpaired) electrons. The second-order valence-electron chi connectivity index (χ2n) is 7.54. The second kappa shape index (κ2) is 9.92. The lowest BCUT2D eigenvalue weighted by Crippen LogP contribution is -2.42. The van der Waals surface area contributed by atoms with Gasteiger partial charge in [-0.3, -0.25) is 4.79 Å². The Kier molecular flexibility index (Phi) is 7.59. The molecule has 0 aromatic heterocycles. The molecule has 0 spiro atoms. The zero-order chi connectivity index (χ0) is 21.4. The summed E-state index contributed by atoms with van der Waals surface area (Å²) < 4.78 is 5.41. The van der Waals surface area contributed by atoms with Gasteiger partial charge in [-0.05, 0) is 69.2 Å². The average molecular weight is 395 g/mol. The van der Waals surface area contributed by atoms with Crippen LogP contribution >= 0.6 is 0 Å². The monoisotopic (exact) mass is 394 g/mol. The van der Waals surface area contributed by atoms with Crippen molar-refractivity contribution in [1.82, 2.24) is 5.32 Å². The molecule has 0 fully saturated rings. The predicted molar refractivity (Wildman–Crippen MR) is 118 cm³/mol. The first-order valence-electron chi connectivity index (χ1n) is 9.78.